The number of carbonyl (C=O) groups is 1. The molecule has 0 aliphatic heterocycles. The standard InChI is InChI=1S/C14H20N4O5S/c1-10-7-12(16-23-10)15-13(19)9-18(4)8-11-5-6-14(22-11)24(20,21)17(2)3/h5-7H,8-9H2,1-4H3,(H,15,16,19). The second-order valence-electron chi connectivity index (χ2n) is 5.55. The summed E-state index contributed by atoms with van der Waals surface area (Å²) in [5.41, 5.74) is 0. The summed E-state index contributed by atoms with van der Waals surface area (Å²) >= 11 is 0. The zero-order chi connectivity index (χ0) is 17.9. The van der Waals surface area contributed by atoms with Gasteiger partial charge in [0, 0.05) is 20.2 Å². The van der Waals surface area contributed by atoms with Gasteiger partial charge in [-0.25, -0.2) is 12.7 Å². The van der Waals surface area contributed by atoms with E-state index >= 15 is 0 Å². The zero-order valence-corrected chi connectivity index (χ0v) is 14.8. The third-order valence-corrected chi connectivity index (χ3v) is 4.80. The lowest BCUT2D eigenvalue weighted by Crippen LogP contribution is -2.29. The number of carbonyl (C=O) groups excluding carboxylic acids is 1. The lowest BCUT2D eigenvalue weighted by atomic mass is 10.4. The Balaban J connectivity index is 1.92. The Kier molecular flexibility index (Phi) is 5.42. The molecular formula is C14H20N4O5S. The number of nitrogens with one attached hydrogen (secondary N) is 1. The van der Waals surface area contributed by atoms with E-state index in [0.717, 1.165) is 4.31 Å². The molecule has 0 spiro atoms. The average molecular weight is 356 g/mol. The van der Waals surface area contributed by atoms with Gasteiger partial charge in [-0.05, 0) is 26.1 Å². The second kappa shape index (κ2) is 7.16. The predicted molar refractivity (Wildman–Crippen MR) is 85.8 cm³/mol. The molecule has 0 radical (unpaired) electrons. The summed E-state index contributed by atoms with van der Waals surface area (Å²) in [4.78, 5) is 13.6. The lowest BCUT2D eigenvalue weighted by molar-refractivity contribution is -0.117. The molecule has 132 valence electrons. The summed E-state index contributed by atoms with van der Waals surface area (Å²) in [5, 5.41) is 6.16. The highest BCUT2D eigenvalue weighted by molar-refractivity contribution is 7.88. The van der Waals surface area contributed by atoms with Gasteiger partial charge >= 0.3 is 0 Å². The molecule has 0 atom stereocenters. The van der Waals surface area contributed by atoms with Crippen LogP contribution in [0, 0.1) is 6.92 Å². The summed E-state index contributed by atoms with van der Waals surface area (Å²) < 4.78 is 35.2. The van der Waals surface area contributed by atoms with Gasteiger partial charge in [-0.3, -0.25) is 9.69 Å². The van der Waals surface area contributed by atoms with Crippen molar-refractivity contribution in [2.45, 2.75) is 18.6 Å². The largest absolute Gasteiger partial charge is 0.447 e. The first kappa shape index (κ1) is 18.2. The van der Waals surface area contributed by atoms with Crippen LogP contribution in [0.1, 0.15) is 11.5 Å². The Hall–Kier alpha value is -2.17. The van der Waals surface area contributed by atoms with Crippen LogP contribution in [0.5, 0.6) is 0 Å². The number of amides is 1. The molecule has 0 aliphatic carbocycles. The van der Waals surface area contributed by atoms with Gasteiger partial charge in [0.2, 0.25) is 11.0 Å². The molecule has 2 aromatic rings. The van der Waals surface area contributed by atoms with Crippen molar-refractivity contribution in [2.75, 3.05) is 33.0 Å². The molecule has 0 fully saturated rings. The maximum absolute atomic E-state index is 12.0. The fraction of sp³-hybridized carbons (Fsp3) is 0.429. The Morgan fingerprint density at radius 3 is 2.58 bits per heavy atom. The zero-order valence-electron chi connectivity index (χ0n) is 13.9. The molecule has 0 aromatic carbocycles. The minimum Gasteiger partial charge on any atom is -0.447 e. The first-order valence-electron chi connectivity index (χ1n) is 7.11. The molecule has 0 saturated carbocycles. The molecule has 0 unspecified atom stereocenters. The first-order valence-corrected chi connectivity index (χ1v) is 8.55. The van der Waals surface area contributed by atoms with E-state index in [1.54, 1.807) is 31.0 Å². The molecule has 2 heterocycles. The summed E-state index contributed by atoms with van der Waals surface area (Å²) in [6, 6.07) is 4.59. The number of aryl methyl sites for hydroxylation is 1. The van der Waals surface area contributed by atoms with Crippen molar-refractivity contribution in [2.24, 2.45) is 0 Å². The second-order valence-corrected chi connectivity index (χ2v) is 7.63. The molecule has 1 N–H and O–H groups in total. The van der Waals surface area contributed by atoms with Gasteiger partial charge in [0.1, 0.15) is 11.5 Å². The maximum atomic E-state index is 12.0. The van der Waals surface area contributed by atoms with E-state index in [1.165, 1.54) is 20.2 Å². The van der Waals surface area contributed by atoms with Crippen LogP contribution in [0.25, 0.3) is 0 Å². The van der Waals surface area contributed by atoms with Crippen LogP contribution in [0.3, 0.4) is 0 Å². The molecule has 1 amide bonds. The minimum atomic E-state index is -3.60. The van der Waals surface area contributed by atoms with E-state index in [0.29, 0.717) is 17.3 Å². The van der Waals surface area contributed by atoms with Gasteiger partial charge < -0.3 is 14.3 Å². The van der Waals surface area contributed by atoms with Crippen molar-refractivity contribution in [3.63, 3.8) is 0 Å². The summed E-state index contributed by atoms with van der Waals surface area (Å²) in [5.74, 6) is 1.13. The van der Waals surface area contributed by atoms with E-state index in [9.17, 15) is 13.2 Å². The van der Waals surface area contributed by atoms with Crippen LogP contribution in [0.2, 0.25) is 0 Å². The molecule has 10 heteroatoms. The van der Waals surface area contributed by atoms with Gasteiger partial charge in [-0.15, -0.1) is 0 Å². The average Bonchev–Trinajstić information content (AvgIpc) is 3.08. The van der Waals surface area contributed by atoms with Gasteiger partial charge in [0.05, 0.1) is 13.1 Å². The van der Waals surface area contributed by atoms with Crippen molar-refractivity contribution in [3.05, 3.63) is 29.7 Å². The minimum absolute atomic E-state index is 0.0857. The molecule has 9 nitrogen and oxygen atoms in total. The smallest absolute Gasteiger partial charge is 0.275 e. The van der Waals surface area contributed by atoms with E-state index in [1.807, 2.05) is 0 Å². The van der Waals surface area contributed by atoms with Crippen LogP contribution < -0.4 is 5.32 Å². The summed E-state index contributed by atoms with van der Waals surface area (Å²) in [6.07, 6.45) is 0. The molecule has 0 bridgehead atoms. The van der Waals surface area contributed by atoms with Crippen molar-refractivity contribution in [3.8, 4) is 0 Å². The normalized spacial score (nSPS) is 12.1. The Labute approximate surface area is 140 Å². The van der Waals surface area contributed by atoms with E-state index < -0.39 is 10.0 Å². The fourth-order valence-corrected chi connectivity index (χ4v) is 2.75. The number of hydrogen-bond acceptors (Lipinski definition) is 7. The fourth-order valence-electron chi connectivity index (χ4n) is 1.94. The Morgan fingerprint density at radius 1 is 1.29 bits per heavy atom. The van der Waals surface area contributed by atoms with Gasteiger partial charge in [-0.1, -0.05) is 5.16 Å². The number of rotatable bonds is 7. The summed E-state index contributed by atoms with van der Waals surface area (Å²) in [6.45, 7) is 2.10. The third-order valence-electron chi connectivity index (χ3n) is 3.11. The Bertz CT molecular complexity index is 809. The SMILES string of the molecule is Cc1cc(NC(=O)CN(C)Cc2ccc(S(=O)(=O)N(C)C)o2)no1. The van der Waals surface area contributed by atoms with E-state index in [-0.39, 0.29) is 24.1 Å². The number of sulfonamides is 1. The number of furan rings is 1. The van der Waals surface area contributed by atoms with Crippen LogP contribution in [-0.2, 0) is 21.4 Å². The van der Waals surface area contributed by atoms with Gasteiger partial charge in [0.15, 0.2) is 5.82 Å². The van der Waals surface area contributed by atoms with Gasteiger partial charge in [0.25, 0.3) is 10.0 Å². The van der Waals surface area contributed by atoms with Crippen molar-refractivity contribution >= 4 is 21.7 Å². The quantitative estimate of drug-likeness (QED) is 0.785. The Morgan fingerprint density at radius 2 is 2.00 bits per heavy atom. The van der Waals surface area contributed by atoms with Crippen molar-refractivity contribution < 1.29 is 22.2 Å². The van der Waals surface area contributed by atoms with Crippen LogP contribution in [0.4, 0.5) is 5.82 Å². The predicted octanol–water partition coefficient (Wildman–Crippen LogP) is 0.897. The van der Waals surface area contributed by atoms with E-state index in [4.69, 9.17) is 8.94 Å². The molecule has 2 aromatic heterocycles. The molecule has 0 aliphatic rings. The monoisotopic (exact) mass is 356 g/mol. The highest BCUT2D eigenvalue weighted by atomic mass is 32.2. The summed E-state index contributed by atoms with van der Waals surface area (Å²) in [7, 11) is 0.976. The number of hydrogen-bond donors (Lipinski definition) is 1. The molecule has 2 rings (SSSR count). The van der Waals surface area contributed by atoms with Crippen LogP contribution in [-0.4, -0.2) is 56.4 Å². The third kappa shape index (κ3) is 4.43. The highest BCUT2D eigenvalue weighted by Gasteiger charge is 2.22. The number of likely N-dealkylation sites (N-methyl/N-ethyl adjacent to an activating group) is 1. The lowest BCUT2D eigenvalue weighted by Gasteiger charge is -2.14. The number of aromatic nitrogens is 1. The first-order chi connectivity index (χ1) is 11.2. The molecule has 0 saturated heterocycles. The number of nitrogens with zero attached hydrogens (tertiary/aromatic N) is 3. The topological polar surface area (TPSA) is 109 Å². The van der Waals surface area contributed by atoms with E-state index in [2.05, 4.69) is 10.5 Å². The van der Waals surface area contributed by atoms with Crippen molar-refractivity contribution in [1.82, 2.24) is 14.4 Å². The van der Waals surface area contributed by atoms with Gasteiger partial charge in [-0.2, -0.15) is 0 Å². The highest BCUT2D eigenvalue weighted by Crippen LogP contribution is 2.17. The van der Waals surface area contributed by atoms with Crippen LogP contribution >= 0.6 is 0 Å². The van der Waals surface area contributed by atoms with Crippen molar-refractivity contribution in [1.29, 1.82) is 0 Å². The van der Waals surface area contributed by atoms with Crippen LogP contribution in [0.15, 0.2) is 32.2 Å². The number of anilines is 1. The molecule has 24 heavy (non-hydrogen) atoms. The molecular weight excluding hydrogens is 336 g/mol. The maximum Gasteiger partial charge on any atom is 0.275 e.